The van der Waals surface area contributed by atoms with Gasteiger partial charge in [-0.1, -0.05) is 37.5 Å². The first-order valence-electron chi connectivity index (χ1n) is 8.57. The van der Waals surface area contributed by atoms with Crippen molar-refractivity contribution in [2.24, 2.45) is 0 Å². The van der Waals surface area contributed by atoms with Crippen molar-refractivity contribution in [3.63, 3.8) is 0 Å². The lowest BCUT2D eigenvalue weighted by Crippen LogP contribution is -2.45. The van der Waals surface area contributed by atoms with Gasteiger partial charge < -0.3 is 4.74 Å². The normalized spacial score (nSPS) is 19.7. The highest BCUT2D eigenvalue weighted by Gasteiger charge is 2.47. The Kier molecular flexibility index (Phi) is 4.23. The van der Waals surface area contributed by atoms with Crippen LogP contribution in [0.25, 0.3) is 0 Å². The summed E-state index contributed by atoms with van der Waals surface area (Å²) >= 11 is 1.83. The number of hydrogen-bond acceptors (Lipinski definition) is 3. The van der Waals surface area contributed by atoms with E-state index in [2.05, 4.69) is 0 Å². The maximum atomic E-state index is 12.5. The van der Waals surface area contributed by atoms with Gasteiger partial charge in [0.2, 0.25) is 5.91 Å². The number of nitrogens with zero attached hydrogens (tertiary/aromatic N) is 1. The van der Waals surface area contributed by atoms with Crippen molar-refractivity contribution in [2.45, 2.75) is 37.0 Å². The van der Waals surface area contributed by atoms with Crippen molar-refractivity contribution in [2.75, 3.05) is 10.7 Å². The molecule has 0 radical (unpaired) electrons. The summed E-state index contributed by atoms with van der Waals surface area (Å²) in [6.07, 6.45) is 5.92. The second-order valence-corrected chi connectivity index (χ2v) is 7.77. The fourth-order valence-corrected chi connectivity index (χ4v) is 5.13. The number of carbonyl (C=O) groups excluding carboxylic acids is 1. The molecule has 2 aromatic rings. The highest BCUT2D eigenvalue weighted by Crippen LogP contribution is 2.49. The fraction of sp³-hybridized carbons (Fsp3) is 0.350. The summed E-state index contributed by atoms with van der Waals surface area (Å²) in [6, 6.07) is 17.7. The molecule has 1 amide bonds. The van der Waals surface area contributed by atoms with Crippen LogP contribution in [0.2, 0.25) is 0 Å². The van der Waals surface area contributed by atoms with Gasteiger partial charge in [0.1, 0.15) is 11.5 Å². The highest BCUT2D eigenvalue weighted by atomic mass is 32.2. The summed E-state index contributed by atoms with van der Waals surface area (Å²) in [5, 5.41) is 0. The van der Waals surface area contributed by atoms with E-state index in [1.807, 2.05) is 71.3 Å². The molecule has 1 saturated heterocycles. The first-order valence-corrected chi connectivity index (χ1v) is 9.55. The van der Waals surface area contributed by atoms with Crippen molar-refractivity contribution in [1.82, 2.24) is 0 Å². The van der Waals surface area contributed by atoms with Crippen molar-refractivity contribution >= 4 is 23.4 Å². The summed E-state index contributed by atoms with van der Waals surface area (Å²) in [6.45, 7) is 0. The van der Waals surface area contributed by atoms with E-state index in [1.54, 1.807) is 0 Å². The average molecular weight is 339 g/mol. The molecule has 1 spiro atoms. The lowest BCUT2D eigenvalue weighted by molar-refractivity contribution is -0.116. The zero-order valence-electron chi connectivity index (χ0n) is 13.6. The van der Waals surface area contributed by atoms with Gasteiger partial charge in [0.25, 0.3) is 0 Å². The van der Waals surface area contributed by atoms with Gasteiger partial charge in [-0.3, -0.25) is 9.69 Å². The number of anilines is 1. The zero-order valence-corrected chi connectivity index (χ0v) is 14.4. The molecule has 24 heavy (non-hydrogen) atoms. The topological polar surface area (TPSA) is 29.5 Å². The second-order valence-electron chi connectivity index (χ2n) is 6.43. The van der Waals surface area contributed by atoms with E-state index in [9.17, 15) is 4.79 Å². The summed E-state index contributed by atoms with van der Waals surface area (Å²) < 4.78 is 5.85. The molecule has 0 unspecified atom stereocenters. The van der Waals surface area contributed by atoms with Crippen LogP contribution >= 0.6 is 11.8 Å². The van der Waals surface area contributed by atoms with Crippen LogP contribution in [-0.4, -0.2) is 16.5 Å². The Morgan fingerprint density at radius 2 is 1.54 bits per heavy atom. The molecular formula is C20H21NO2S. The lowest BCUT2D eigenvalue weighted by atomic mass is 9.93. The fourth-order valence-electron chi connectivity index (χ4n) is 3.69. The Labute approximate surface area is 147 Å². The van der Waals surface area contributed by atoms with Crippen LogP contribution < -0.4 is 9.64 Å². The Bertz CT molecular complexity index is 708. The van der Waals surface area contributed by atoms with Crippen LogP contribution in [0.1, 0.15) is 32.1 Å². The molecule has 0 N–H and O–H groups in total. The standard InChI is InChI=1S/C20H21NO2S/c22-19-15-24-20(13-5-2-6-14-20)21(19)16-9-11-18(12-10-16)23-17-7-3-1-4-8-17/h1,3-4,7-12H,2,5-6,13-15H2. The minimum atomic E-state index is -0.0167. The van der Waals surface area contributed by atoms with Gasteiger partial charge >= 0.3 is 0 Å². The van der Waals surface area contributed by atoms with Gasteiger partial charge in [0.05, 0.1) is 10.6 Å². The Morgan fingerprint density at radius 3 is 2.25 bits per heavy atom. The van der Waals surface area contributed by atoms with E-state index >= 15 is 0 Å². The number of para-hydroxylation sites is 1. The van der Waals surface area contributed by atoms with Gasteiger partial charge in [-0.15, -0.1) is 11.8 Å². The molecule has 0 aromatic heterocycles. The minimum absolute atomic E-state index is 0.0167. The molecule has 1 aliphatic heterocycles. The summed E-state index contributed by atoms with van der Waals surface area (Å²) in [7, 11) is 0. The van der Waals surface area contributed by atoms with Gasteiger partial charge in [-0.25, -0.2) is 0 Å². The van der Waals surface area contributed by atoms with Crippen LogP contribution in [0.5, 0.6) is 11.5 Å². The molecule has 0 bridgehead atoms. The van der Waals surface area contributed by atoms with Crippen molar-refractivity contribution in [1.29, 1.82) is 0 Å². The number of thioether (sulfide) groups is 1. The van der Waals surface area contributed by atoms with Crippen molar-refractivity contribution in [3.05, 3.63) is 54.6 Å². The second kappa shape index (κ2) is 6.52. The SMILES string of the molecule is O=C1CSC2(CCCCC2)N1c1ccc(Oc2ccccc2)cc1. The van der Waals surface area contributed by atoms with E-state index in [0.717, 1.165) is 30.0 Å². The monoisotopic (exact) mass is 339 g/mol. The maximum absolute atomic E-state index is 12.5. The van der Waals surface area contributed by atoms with E-state index in [4.69, 9.17) is 4.74 Å². The van der Waals surface area contributed by atoms with Crippen LogP contribution in [-0.2, 0) is 4.79 Å². The van der Waals surface area contributed by atoms with E-state index in [1.165, 1.54) is 19.3 Å². The number of carbonyl (C=O) groups is 1. The number of benzene rings is 2. The number of hydrogen-bond donors (Lipinski definition) is 0. The van der Waals surface area contributed by atoms with E-state index in [0.29, 0.717) is 5.75 Å². The summed E-state index contributed by atoms with van der Waals surface area (Å²) in [4.78, 5) is 14.5. The molecule has 2 aliphatic rings. The molecule has 4 heteroatoms. The highest BCUT2D eigenvalue weighted by molar-refractivity contribution is 8.02. The van der Waals surface area contributed by atoms with Gasteiger partial charge in [0, 0.05) is 5.69 Å². The molecule has 1 aliphatic carbocycles. The minimum Gasteiger partial charge on any atom is -0.457 e. The molecule has 4 rings (SSSR count). The van der Waals surface area contributed by atoms with Crippen molar-refractivity contribution < 1.29 is 9.53 Å². The lowest BCUT2D eigenvalue weighted by Gasteiger charge is -2.40. The quantitative estimate of drug-likeness (QED) is 0.768. The molecule has 1 heterocycles. The van der Waals surface area contributed by atoms with Gasteiger partial charge in [-0.05, 0) is 49.2 Å². The van der Waals surface area contributed by atoms with Crippen LogP contribution in [0.4, 0.5) is 5.69 Å². The third kappa shape index (κ3) is 2.91. The molecular weight excluding hydrogens is 318 g/mol. The summed E-state index contributed by atoms with van der Waals surface area (Å²) in [5.74, 6) is 2.45. The molecule has 2 aromatic carbocycles. The maximum Gasteiger partial charge on any atom is 0.238 e. The van der Waals surface area contributed by atoms with Gasteiger partial charge in [0.15, 0.2) is 0 Å². The number of rotatable bonds is 3. The van der Waals surface area contributed by atoms with E-state index < -0.39 is 0 Å². The Hall–Kier alpha value is -1.94. The predicted octanol–water partition coefficient (Wildman–Crippen LogP) is 5.22. The number of ether oxygens (including phenoxy) is 1. The van der Waals surface area contributed by atoms with Crippen LogP contribution in [0, 0.1) is 0 Å². The third-order valence-electron chi connectivity index (χ3n) is 4.83. The zero-order chi connectivity index (χ0) is 16.4. The van der Waals surface area contributed by atoms with Crippen LogP contribution in [0.3, 0.4) is 0 Å². The third-order valence-corrected chi connectivity index (χ3v) is 6.35. The molecule has 124 valence electrons. The van der Waals surface area contributed by atoms with Gasteiger partial charge in [-0.2, -0.15) is 0 Å². The largest absolute Gasteiger partial charge is 0.457 e. The van der Waals surface area contributed by atoms with Crippen molar-refractivity contribution in [3.8, 4) is 11.5 Å². The predicted molar refractivity (Wildman–Crippen MR) is 98.7 cm³/mol. The Morgan fingerprint density at radius 1 is 0.875 bits per heavy atom. The number of amides is 1. The molecule has 2 fully saturated rings. The first kappa shape index (κ1) is 15.6. The Balaban J connectivity index is 1.56. The van der Waals surface area contributed by atoms with E-state index in [-0.39, 0.29) is 10.8 Å². The molecule has 3 nitrogen and oxygen atoms in total. The van der Waals surface area contributed by atoms with Crippen LogP contribution in [0.15, 0.2) is 54.6 Å². The molecule has 0 atom stereocenters. The summed E-state index contributed by atoms with van der Waals surface area (Å²) in [5.41, 5.74) is 0.993. The average Bonchev–Trinajstić information content (AvgIpc) is 2.93. The molecule has 1 saturated carbocycles. The smallest absolute Gasteiger partial charge is 0.238 e. The first-order chi connectivity index (χ1) is 11.8.